The van der Waals surface area contributed by atoms with Crippen LogP contribution in [0.3, 0.4) is 0 Å². The third kappa shape index (κ3) is 5.70. The van der Waals surface area contributed by atoms with Crippen LogP contribution in [0, 0.1) is 0 Å². The summed E-state index contributed by atoms with van der Waals surface area (Å²) in [6.45, 7) is 6.03. The average Bonchev–Trinajstić information content (AvgIpc) is 3.30. The van der Waals surface area contributed by atoms with Gasteiger partial charge in [0.25, 0.3) is 0 Å². The van der Waals surface area contributed by atoms with Crippen molar-refractivity contribution in [2.75, 3.05) is 59.2 Å². The standard InChI is InChI=1S/C28H34N6S/c1-32(2)19-25-30-27(26-23(20-35-28(26)31-25)21-10-6-4-7-11-21)29-24(22-12-8-5-9-13-22)18-34-16-14-33(3)15-17-34/h4-13,20,24H,14-19H2,1-3H3,(H,29,30,31). The quantitative estimate of drug-likeness (QED) is 0.385. The molecule has 3 heterocycles. The van der Waals surface area contributed by atoms with Crippen LogP contribution in [0.25, 0.3) is 21.3 Å². The van der Waals surface area contributed by atoms with E-state index in [1.54, 1.807) is 11.3 Å². The Bertz CT molecular complexity index is 1230. The van der Waals surface area contributed by atoms with E-state index in [9.17, 15) is 0 Å². The highest BCUT2D eigenvalue weighted by Crippen LogP contribution is 2.38. The van der Waals surface area contributed by atoms with Crippen LogP contribution in [0.4, 0.5) is 5.82 Å². The molecule has 6 nitrogen and oxygen atoms in total. The summed E-state index contributed by atoms with van der Waals surface area (Å²) in [7, 11) is 6.32. The number of fused-ring (bicyclic) bond motifs is 1. The molecule has 1 aliphatic rings. The lowest BCUT2D eigenvalue weighted by Gasteiger charge is -2.35. The van der Waals surface area contributed by atoms with Crippen molar-refractivity contribution in [3.05, 3.63) is 77.4 Å². The fourth-order valence-corrected chi connectivity index (χ4v) is 5.61. The van der Waals surface area contributed by atoms with Gasteiger partial charge in [0.15, 0.2) is 0 Å². The van der Waals surface area contributed by atoms with Gasteiger partial charge in [0.05, 0.1) is 18.0 Å². The Morgan fingerprint density at radius 3 is 2.31 bits per heavy atom. The van der Waals surface area contributed by atoms with Crippen molar-refractivity contribution in [2.45, 2.75) is 12.6 Å². The van der Waals surface area contributed by atoms with E-state index < -0.39 is 0 Å². The van der Waals surface area contributed by atoms with E-state index in [2.05, 4.69) is 107 Å². The van der Waals surface area contributed by atoms with Crippen LogP contribution in [-0.2, 0) is 6.54 Å². The second kappa shape index (κ2) is 10.8. The number of aromatic nitrogens is 2. The molecule has 1 atom stereocenters. The van der Waals surface area contributed by atoms with E-state index in [4.69, 9.17) is 9.97 Å². The molecule has 0 bridgehead atoms. The first-order valence-electron chi connectivity index (χ1n) is 12.3. The van der Waals surface area contributed by atoms with Crippen molar-refractivity contribution in [1.82, 2.24) is 24.7 Å². The Morgan fingerprint density at radius 1 is 0.943 bits per heavy atom. The highest BCUT2D eigenvalue weighted by atomic mass is 32.1. The number of thiophene rings is 1. The summed E-state index contributed by atoms with van der Waals surface area (Å²) >= 11 is 1.70. The Hall–Kier alpha value is -2.84. The van der Waals surface area contributed by atoms with Crippen LogP contribution in [0.15, 0.2) is 66.0 Å². The maximum atomic E-state index is 5.09. The van der Waals surface area contributed by atoms with Gasteiger partial charge in [-0.1, -0.05) is 60.7 Å². The molecule has 0 spiro atoms. The van der Waals surface area contributed by atoms with E-state index in [0.717, 1.165) is 54.6 Å². The molecule has 0 saturated carbocycles. The van der Waals surface area contributed by atoms with Gasteiger partial charge in [0.1, 0.15) is 16.5 Å². The largest absolute Gasteiger partial charge is 0.361 e. The zero-order chi connectivity index (χ0) is 24.2. The van der Waals surface area contributed by atoms with Gasteiger partial charge in [-0.15, -0.1) is 11.3 Å². The van der Waals surface area contributed by atoms with Gasteiger partial charge in [-0.2, -0.15) is 0 Å². The number of anilines is 1. The lowest BCUT2D eigenvalue weighted by molar-refractivity contribution is 0.149. The number of hydrogen-bond acceptors (Lipinski definition) is 7. The molecule has 2 aromatic carbocycles. The fourth-order valence-electron chi connectivity index (χ4n) is 4.65. The minimum atomic E-state index is 0.133. The van der Waals surface area contributed by atoms with Gasteiger partial charge in [-0.25, -0.2) is 9.97 Å². The van der Waals surface area contributed by atoms with Crippen LogP contribution in [0.1, 0.15) is 17.4 Å². The van der Waals surface area contributed by atoms with Gasteiger partial charge in [0.2, 0.25) is 0 Å². The normalized spacial score (nSPS) is 16.1. The number of benzene rings is 2. The second-order valence-corrected chi connectivity index (χ2v) is 10.5. The van der Waals surface area contributed by atoms with Crippen molar-refractivity contribution in [3.8, 4) is 11.1 Å². The third-order valence-electron chi connectivity index (χ3n) is 6.57. The van der Waals surface area contributed by atoms with Crippen LogP contribution in [0.2, 0.25) is 0 Å². The smallest absolute Gasteiger partial charge is 0.146 e. The van der Waals surface area contributed by atoms with Crippen LogP contribution in [-0.4, -0.2) is 78.5 Å². The molecular weight excluding hydrogens is 452 g/mol. The molecule has 35 heavy (non-hydrogen) atoms. The summed E-state index contributed by atoms with van der Waals surface area (Å²) in [5, 5.41) is 7.22. The topological polar surface area (TPSA) is 47.5 Å². The maximum absolute atomic E-state index is 5.09. The summed E-state index contributed by atoms with van der Waals surface area (Å²) in [5.74, 6) is 1.77. The Kier molecular flexibility index (Phi) is 7.39. The number of hydrogen-bond donors (Lipinski definition) is 1. The van der Waals surface area contributed by atoms with Crippen molar-refractivity contribution in [3.63, 3.8) is 0 Å². The molecule has 5 rings (SSSR count). The monoisotopic (exact) mass is 486 g/mol. The first kappa shape index (κ1) is 23.9. The molecular formula is C28H34N6S. The number of rotatable bonds is 8. The SMILES string of the molecule is CN(C)Cc1nc(NC(CN2CCN(C)CC2)c2ccccc2)c2c(-c3ccccc3)csc2n1. The predicted molar refractivity (Wildman–Crippen MR) is 147 cm³/mol. The molecule has 1 saturated heterocycles. The van der Waals surface area contributed by atoms with Gasteiger partial charge in [0, 0.05) is 43.7 Å². The average molecular weight is 487 g/mol. The van der Waals surface area contributed by atoms with E-state index in [1.165, 1.54) is 16.7 Å². The van der Waals surface area contributed by atoms with Gasteiger partial charge >= 0.3 is 0 Å². The fraction of sp³-hybridized carbons (Fsp3) is 0.357. The highest BCUT2D eigenvalue weighted by molar-refractivity contribution is 7.17. The molecule has 1 fully saturated rings. The molecule has 4 aromatic rings. The molecule has 182 valence electrons. The van der Waals surface area contributed by atoms with Gasteiger partial charge < -0.3 is 15.1 Å². The van der Waals surface area contributed by atoms with Crippen molar-refractivity contribution in [2.24, 2.45) is 0 Å². The first-order chi connectivity index (χ1) is 17.1. The number of piperazine rings is 1. The zero-order valence-corrected chi connectivity index (χ0v) is 21.6. The Balaban J connectivity index is 1.56. The van der Waals surface area contributed by atoms with Crippen molar-refractivity contribution in [1.29, 1.82) is 0 Å². The molecule has 0 radical (unpaired) electrons. The second-order valence-electron chi connectivity index (χ2n) is 9.63. The lowest BCUT2D eigenvalue weighted by Crippen LogP contribution is -2.46. The maximum Gasteiger partial charge on any atom is 0.146 e. The van der Waals surface area contributed by atoms with Crippen LogP contribution < -0.4 is 5.32 Å². The summed E-state index contributed by atoms with van der Waals surface area (Å²) in [4.78, 5) is 18.1. The minimum Gasteiger partial charge on any atom is -0.361 e. The molecule has 0 amide bonds. The molecule has 1 aliphatic heterocycles. The first-order valence-corrected chi connectivity index (χ1v) is 13.2. The molecule has 1 N–H and O–H groups in total. The number of nitrogens with one attached hydrogen (secondary N) is 1. The molecule has 2 aromatic heterocycles. The van der Waals surface area contributed by atoms with Crippen molar-refractivity contribution >= 4 is 27.4 Å². The summed E-state index contributed by atoms with van der Waals surface area (Å²) in [5.41, 5.74) is 3.67. The third-order valence-corrected chi connectivity index (χ3v) is 7.44. The summed E-state index contributed by atoms with van der Waals surface area (Å²) < 4.78 is 0. The molecule has 0 aliphatic carbocycles. The van der Waals surface area contributed by atoms with E-state index in [-0.39, 0.29) is 6.04 Å². The Labute approximate surface area is 212 Å². The van der Waals surface area contributed by atoms with Crippen molar-refractivity contribution < 1.29 is 0 Å². The van der Waals surface area contributed by atoms with E-state index >= 15 is 0 Å². The van der Waals surface area contributed by atoms with Crippen LogP contribution in [0.5, 0.6) is 0 Å². The van der Waals surface area contributed by atoms with Crippen LogP contribution >= 0.6 is 11.3 Å². The van der Waals surface area contributed by atoms with E-state index in [0.29, 0.717) is 6.54 Å². The van der Waals surface area contributed by atoms with Gasteiger partial charge in [-0.3, -0.25) is 4.90 Å². The molecule has 7 heteroatoms. The predicted octanol–water partition coefficient (Wildman–Crippen LogP) is 4.82. The highest BCUT2D eigenvalue weighted by Gasteiger charge is 2.23. The zero-order valence-electron chi connectivity index (χ0n) is 20.8. The van der Waals surface area contributed by atoms with Gasteiger partial charge in [-0.05, 0) is 32.3 Å². The number of likely N-dealkylation sites (N-methyl/N-ethyl adjacent to an activating group) is 1. The molecule has 1 unspecified atom stereocenters. The minimum absolute atomic E-state index is 0.133. The Morgan fingerprint density at radius 2 is 1.63 bits per heavy atom. The lowest BCUT2D eigenvalue weighted by atomic mass is 10.0. The summed E-state index contributed by atoms with van der Waals surface area (Å²) in [6.07, 6.45) is 0. The van der Waals surface area contributed by atoms with E-state index in [1.807, 2.05) is 0 Å². The summed E-state index contributed by atoms with van der Waals surface area (Å²) in [6, 6.07) is 21.5. The number of nitrogens with zero attached hydrogens (tertiary/aromatic N) is 5.